The first-order valence-corrected chi connectivity index (χ1v) is 12.1. The molecule has 2 aromatic rings. The summed E-state index contributed by atoms with van der Waals surface area (Å²) in [6.45, 7) is 4.51. The van der Waals surface area contributed by atoms with Crippen molar-refractivity contribution in [3.63, 3.8) is 0 Å². The number of amides is 1. The van der Waals surface area contributed by atoms with Gasteiger partial charge in [0.2, 0.25) is 0 Å². The van der Waals surface area contributed by atoms with Gasteiger partial charge in [-0.05, 0) is 37.6 Å². The van der Waals surface area contributed by atoms with Crippen molar-refractivity contribution < 1.29 is 23.1 Å². The summed E-state index contributed by atoms with van der Waals surface area (Å²) in [5.41, 5.74) is 0.468. The van der Waals surface area contributed by atoms with Crippen LogP contribution in [0.4, 0.5) is 5.69 Å². The second kappa shape index (κ2) is 9.34. The molecule has 2 heterocycles. The van der Waals surface area contributed by atoms with Crippen LogP contribution in [-0.2, 0) is 10.0 Å². The molecule has 10 heteroatoms. The molecule has 3 rings (SSSR count). The van der Waals surface area contributed by atoms with E-state index in [0.717, 1.165) is 11.3 Å². The molecule has 3 atom stereocenters. The Bertz CT molecular complexity index is 978. The number of ether oxygens (including phenoxy) is 1. The van der Waals surface area contributed by atoms with Crippen molar-refractivity contribution in [1.29, 1.82) is 0 Å². The third-order valence-corrected chi connectivity index (χ3v) is 7.86. The number of nitrogens with zero attached hydrogens (tertiary/aromatic N) is 1. The maximum Gasteiger partial charge on any atom is 0.271 e. The zero-order valence-corrected chi connectivity index (χ0v) is 18.8. The molecule has 0 fully saturated rings. The average molecular weight is 454 g/mol. The lowest BCUT2D eigenvalue weighted by molar-refractivity contribution is 0.0417. The van der Waals surface area contributed by atoms with Crippen LogP contribution in [0.5, 0.6) is 5.75 Å². The smallest absolute Gasteiger partial charge is 0.271 e. The van der Waals surface area contributed by atoms with E-state index in [4.69, 9.17) is 4.74 Å². The number of benzene rings is 1. The molecule has 0 radical (unpaired) electrons. The Morgan fingerprint density at radius 3 is 2.73 bits per heavy atom. The van der Waals surface area contributed by atoms with Gasteiger partial charge in [0.25, 0.3) is 15.9 Å². The lowest BCUT2D eigenvalue weighted by Crippen LogP contribution is -2.49. The van der Waals surface area contributed by atoms with Crippen molar-refractivity contribution in [2.45, 2.75) is 30.2 Å². The maximum atomic E-state index is 13.3. The van der Waals surface area contributed by atoms with Crippen LogP contribution in [0.1, 0.15) is 24.2 Å². The summed E-state index contributed by atoms with van der Waals surface area (Å²) >= 11 is 1.11. The van der Waals surface area contributed by atoms with Crippen LogP contribution >= 0.6 is 11.3 Å². The van der Waals surface area contributed by atoms with Crippen LogP contribution in [0.25, 0.3) is 0 Å². The van der Waals surface area contributed by atoms with Gasteiger partial charge in [-0.15, -0.1) is 11.3 Å². The molecule has 0 unspecified atom stereocenters. The number of carbonyl (C=O) groups is 1. The summed E-state index contributed by atoms with van der Waals surface area (Å²) in [4.78, 5) is 14.9. The molecule has 0 aliphatic carbocycles. The van der Waals surface area contributed by atoms with E-state index in [0.29, 0.717) is 13.1 Å². The number of nitrogens with one attached hydrogen (secondary N) is 2. The molecule has 1 aromatic heterocycles. The quantitative estimate of drug-likeness (QED) is 0.592. The van der Waals surface area contributed by atoms with Crippen LogP contribution < -0.4 is 14.8 Å². The van der Waals surface area contributed by atoms with Gasteiger partial charge in [-0.2, -0.15) is 0 Å². The van der Waals surface area contributed by atoms with Gasteiger partial charge in [-0.1, -0.05) is 19.1 Å². The Balaban J connectivity index is 2.08. The number of para-hydroxylation sites is 1. The van der Waals surface area contributed by atoms with E-state index in [9.17, 15) is 18.3 Å². The third-order valence-electron chi connectivity index (χ3n) is 5.10. The third kappa shape index (κ3) is 4.61. The molecule has 0 bridgehead atoms. The van der Waals surface area contributed by atoms with Crippen LogP contribution in [0.15, 0.2) is 39.9 Å². The summed E-state index contributed by atoms with van der Waals surface area (Å²) in [5, 5.41) is 14.4. The molecule has 3 N–H and O–H groups in total. The number of sulfonamides is 1. The lowest BCUT2D eigenvalue weighted by Gasteiger charge is -2.37. The lowest BCUT2D eigenvalue weighted by atomic mass is 9.99. The Morgan fingerprint density at radius 1 is 1.33 bits per heavy atom. The fraction of sp³-hybridized carbons (Fsp3) is 0.450. The zero-order valence-electron chi connectivity index (χ0n) is 17.2. The number of aliphatic hydroxyl groups excluding tert-OH is 1. The van der Waals surface area contributed by atoms with Gasteiger partial charge in [-0.3, -0.25) is 9.52 Å². The second-order valence-electron chi connectivity index (χ2n) is 7.40. The fourth-order valence-electron chi connectivity index (χ4n) is 3.38. The topological polar surface area (TPSA) is 108 Å². The van der Waals surface area contributed by atoms with Gasteiger partial charge >= 0.3 is 0 Å². The van der Waals surface area contributed by atoms with E-state index in [2.05, 4.69) is 10.0 Å². The van der Waals surface area contributed by atoms with Gasteiger partial charge in [-0.25, -0.2) is 8.42 Å². The molecule has 30 heavy (non-hydrogen) atoms. The van der Waals surface area contributed by atoms with E-state index in [1.54, 1.807) is 48.5 Å². The van der Waals surface area contributed by atoms with E-state index >= 15 is 0 Å². The van der Waals surface area contributed by atoms with Gasteiger partial charge in [0.15, 0.2) is 5.75 Å². The summed E-state index contributed by atoms with van der Waals surface area (Å²) in [6.07, 6.45) is -0.303. The minimum absolute atomic E-state index is 0.0505. The predicted octanol–water partition coefficient (Wildman–Crippen LogP) is 1.99. The first-order chi connectivity index (χ1) is 14.3. The number of hydrogen-bond donors (Lipinski definition) is 3. The van der Waals surface area contributed by atoms with E-state index in [1.165, 1.54) is 6.07 Å². The standard InChI is InChI=1S/C20H27N3O5S2/c1-13-11-23(14(2)12-24)20(25)15-6-4-7-16(19(15)28-17(13)10-21-3)22-30(26,27)18-8-5-9-29-18/h4-9,13-14,17,21-22,24H,10-12H2,1-3H3/t13-,14+,17+/m1/s1. The number of hydrogen-bond acceptors (Lipinski definition) is 7. The van der Waals surface area contributed by atoms with Crippen LogP contribution in [0, 0.1) is 5.92 Å². The number of aliphatic hydroxyl groups is 1. The Hall–Kier alpha value is -2.14. The molecule has 0 saturated heterocycles. The van der Waals surface area contributed by atoms with Crippen molar-refractivity contribution >= 4 is 33.0 Å². The highest BCUT2D eigenvalue weighted by Crippen LogP contribution is 2.36. The van der Waals surface area contributed by atoms with Crippen molar-refractivity contribution in [3.05, 3.63) is 41.3 Å². The highest BCUT2D eigenvalue weighted by atomic mass is 32.2. The first kappa shape index (κ1) is 22.5. The van der Waals surface area contributed by atoms with Crippen LogP contribution in [-0.4, -0.2) is 63.2 Å². The van der Waals surface area contributed by atoms with E-state index < -0.39 is 10.0 Å². The van der Waals surface area contributed by atoms with E-state index in [1.807, 2.05) is 6.92 Å². The fourth-order valence-corrected chi connectivity index (χ4v) is 5.44. The minimum atomic E-state index is -3.81. The summed E-state index contributed by atoms with van der Waals surface area (Å²) in [5.74, 6) is -0.159. The minimum Gasteiger partial charge on any atom is -0.486 e. The highest BCUT2D eigenvalue weighted by molar-refractivity contribution is 7.94. The molecule has 1 amide bonds. The summed E-state index contributed by atoms with van der Waals surface area (Å²) < 4.78 is 34.5. The second-order valence-corrected chi connectivity index (χ2v) is 10.3. The Morgan fingerprint density at radius 2 is 2.10 bits per heavy atom. The predicted molar refractivity (Wildman–Crippen MR) is 117 cm³/mol. The van der Waals surface area contributed by atoms with Crippen molar-refractivity contribution in [3.8, 4) is 5.75 Å². The van der Waals surface area contributed by atoms with Gasteiger partial charge < -0.3 is 20.1 Å². The molecule has 0 spiro atoms. The molecular formula is C20H27N3O5S2. The molecule has 164 valence electrons. The molecular weight excluding hydrogens is 426 g/mol. The number of thiophene rings is 1. The van der Waals surface area contributed by atoms with Gasteiger partial charge in [0.1, 0.15) is 10.3 Å². The van der Waals surface area contributed by atoms with Crippen LogP contribution in [0.3, 0.4) is 0 Å². The summed E-state index contributed by atoms with van der Waals surface area (Å²) in [7, 11) is -2.01. The Kier molecular flexibility index (Phi) is 7.02. The highest BCUT2D eigenvalue weighted by Gasteiger charge is 2.34. The van der Waals surface area contributed by atoms with Gasteiger partial charge in [0.05, 0.1) is 23.9 Å². The number of fused-ring (bicyclic) bond motifs is 1. The monoisotopic (exact) mass is 453 g/mol. The summed E-state index contributed by atoms with van der Waals surface area (Å²) in [6, 6.07) is 7.61. The number of rotatable bonds is 7. The SMILES string of the molecule is CNC[C@@H]1Oc2c(NS(=O)(=O)c3cccs3)cccc2C(=O)N([C@@H](C)CO)C[C@H]1C. The molecule has 1 aromatic carbocycles. The number of likely N-dealkylation sites (N-methyl/N-ethyl adjacent to an activating group) is 1. The normalized spacial score (nSPS) is 20.7. The first-order valence-electron chi connectivity index (χ1n) is 9.71. The maximum absolute atomic E-state index is 13.3. The molecule has 1 aliphatic heterocycles. The number of anilines is 1. The molecule has 0 saturated carbocycles. The van der Waals surface area contributed by atoms with E-state index in [-0.39, 0.29) is 51.8 Å². The largest absolute Gasteiger partial charge is 0.486 e. The van der Waals surface area contributed by atoms with Crippen LogP contribution in [0.2, 0.25) is 0 Å². The van der Waals surface area contributed by atoms with Gasteiger partial charge in [0, 0.05) is 19.0 Å². The van der Waals surface area contributed by atoms with Crippen molar-refractivity contribution in [1.82, 2.24) is 10.2 Å². The zero-order chi connectivity index (χ0) is 21.9. The van der Waals surface area contributed by atoms with Crippen molar-refractivity contribution in [2.24, 2.45) is 5.92 Å². The number of carbonyl (C=O) groups excluding carboxylic acids is 1. The Labute approximate surface area is 180 Å². The molecule has 8 nitrogen and oxygen atoms in total. The molecule has 1 aliphatic rings. The van der Waals surface area contributed by atoms with Crippen molar-refractivity contribution in [2.75, 3.05) is 31.5 Å². The average Bonchev–Trinajstić information content (AvgIpc) is 3.26.